The van der Waals surface area contributed by atoms with E-state index in [0.29, 0.717) is 19.4 Å². The normalized spacial score (nSPS) is 23.5. The number of amides is 1. The number of carbonyl (C=O) groups is 2. The third kappa shape index (κ3) is 1.97. The van der Waals surface area contributed by atoms with Crippen molar-refractivity contribution in [3.05, 3.63) is 35.4 Å². The molecule has 0 radical (unpaired) electrons. The number of carboxylic acids is 1. The van der Waals surface area contributed by atoms with Crippen LogP contribution in [0.2, 0.25) is 0 Å². The molecule has 0 aromatic heterocycles. The van der Waals surface area contributed by atoms with Gasteiger partial charge in [-0.1, -0.05) is 30.7 Å². The van der Waals surface area contributed by atoms with Crippen molar-refractivity contribution in [1.82, 2.24) is 4.90 Å². The third-order valence-electron chi connectivity index (χ3n) is 5.90. The highest BCUT2D eigenvalue weighted by molar-refractivity contribution is 5.86. The highest BCUT2D eigenvalue weighted by Crippen LogP contribution is 2.53. The second-order valence-electron chi connectivity index (χ2n) is 7.30. The Morgan fingerprint density at radius 3 is 2.45 bits per heavy atom. The van der Waals surface area contributed by atoms with Gasteiger partial charge in [-0.2, -0.15) is 0 Å². The zero-order chi connectivity index (χ0) is 15.4. The van der Waals surface area contributed by atoms with Crippen LogP contribution >= 0.6 is 0 Å². The van der Waals surface area contributed by atoms with Gasteiger partial charge in [0.25, 0.3) is 0 Å². The highest BCUT2D eigenvalue weighted by Gasteiger charge is 2.51. The van der Waals surface area contributed by atoms with Gasteiger partial charge in [0.05, 0.1) is 5.41 Å². The molecule has 1 aromatic rings. The van der Waals surface area contributed by atoms with Gasteiger partial charge >= 0.3 is 5.97 Å². The summed E-state index contributed by atoms with van der Waals surface area (Å²) in [4.78, 5) is 26.1. The summed E-state index contributed by atoms with van der Waals surface area (Å²) in [5.74, 6) is -0.784. The number of carbonyl (C=O) groups excluding carboxylic acids is 1. The molecule has 116 valence electrons. The minimum absolute atomic E-state index is 0.0166. The molecule has 3 aliphatic rings. The number of benzene rings is 1. The van der Waals surface area contributed by atoms with Crippen molar-refractivity contribution in [1.29, 1.82) is 0 Å². The fourth-order valence-corrected chi connectivity index (χ4v) is 4.11. The standard InChI is InChI=1S/C18H21NO3/c20-15(10-17(16(21)22)6-3-7-17)19-11-13-4-1-2-5-14(13)18(12-19)8-9-18/h1-2,4-5H,3,6-12H2,(H,21,22). The fraction of sp³-hybridized carbons (Fsp3) is 0.556. The summed E-state index contributed by atoms with van der Waals surface area (Å²) in [5, 5.41) is 9.43. The van der Waals surface area contributed by atoms with Crippen molar-refractivity contribution in [2.45, 2.75) is 50.5 Å². The third-order valence-corrected chi connectivity index (χ3v) is 5.90. The topological polar surface area (TPSA) is 57.6 Å². The molecular formula is C18H21NO3. The van der Waals surface area contributed by atoms with Gasteiger partial charge in [-0.3, -0.25) is 9.59 Å². The molecule has 2 aliphatic carbocycles. The zero-order valence-corrected chi connectivity index (χ0v) is 12.7. The Morgan fingerprint density at radius 1 is 1.14 bits per heavy atom. The number of carboxylic acid groups (broad SMARTS) is 1. The molecule has 0 atom stereocenters. The van der Waals surface area contributed by atoms with E-state index in [-0.39, 0.29) is 17.7 Å². The fourth-order valence-electron chi connectivity index (χ4n) is 4.11. The van der Waals surface area contributed by atoms with Crippen molar-refractivity contribution in [3.8, 4) is 0 Å². The largest absolute Gasteiger partial charge is 0.481 e. The van der Waals surface area contributed by atoms with Gasteiger partial charge in [0.15, 0.2) is 0 Å². The Bertz CT molecular complexity index is 643. The highest BCUT2D eigenvalue weighted by atomic mass is 16.4. The monoisotopic (exact) mass is 299 g/mol. The molecule has 0 bridgehead atoms. The lowest BCUT2D eigenvalue weighted by Crippen LogP contribution is -2.47. The van der Waals surface area contributed by atoms with Gasteiger partial charge in [0, 0.05) is 24.9 Å². The molecule has 2 fully saturated rings. The van der Waals surface area contributed by atoms with E-state index in [4.69, 9.17) is 0 Å². The van der Waals surface area contributed by atoms with E-state index in [9.17, 15) is 14.7 Å². The minimum atomic E-state index is -0.800. The van der Waals surface area contributed by atoms with Crippen LogP contribution in [0.3, 0.4) is 0 Å². The molecule has 0 saturated heterocycles. The first kappa shape index (κ1) is 13.8. The lowest BCUT2D eigenvalue weighted by atomic mass is 9.66. The van der Waals surface area contributed by atoms with Crippen molar-refractivity contribution < 1.29 is 14.7 Å². The first-order valence-electron chi connectivity index (χ1n) is 8.14. The van der Waals surface area contributed by atoms with Crippen molar-refractivity contribution >= 4 is 11.9 Å². The molecule has 1 aromatic carbocycles. The summed E-state index contributed by atoms with van der Waals surface area (Å²) < 4.78 is 0. The summed E-state index contributed by atoms with van der Waals surface area (Å²) in [6.07, 6.45) is 4.65. The maximum Gasteiger partial charge on any atom is 0.310 e. The van der Waals surface area contributed by atoms with Crippen LogP contribution in [-0.2, 0) is 21.5 Å². The Labute approximate surface area is 130 Å². The van der Waals surface area contributed by atoms with Gasteiger partial charge in [-0.25, -0.2) is 0 Å². The average Bonchev–Trinajstić information content (AvgIpc) is 3.22. The van der Waals surface area contributed by atoms with Crippen LogP contribution in [0.4, 0.5) is 0 Å². The molecule has 1 amide bonds. The first-order chi connectivity index (χ1) is 10.5. The Balaban J connectivity index is 1.55. The molecule has 1 aliphatic heterocycles. The van der Waals surface area contributed by atoms with Gasteiger partial charge in [-0.05, 0) is 36.8 Å². The summed E-state index contributed by atoms with van der Waals surface area (Å²) in [6, 6.07) is 8.39. The summed E-state index contributed by atoms with van der Waals surface area (Å²) in [6.45, 7) is 1.39. The van der Waals surface area contributed by atoms with E-state index < -0.39 is 11.4 Å². The summed E-state index contributed by atoms with van der Waals surface area (Å²) >= 11 is 0. The van der Waals surface area contributed by atoms with Crippen LogP contribution in [0.15, 0.2) is 24.3 Å². The van der Waals surface area contributed by atoms with Gasteiger partial charge in [0.2, 0.25) is 5.91 Å². The molecule has 1 heterocycles. The van der Waals surface area contributed by atoms with Gasteiger partial charge < -0.3 is 10.0 Å². The van der Waals surface area contributed by atoms with Crippen LogP contribution in [0.1, 0.15) is 49.7 Å². The molecule has 2 saturated carbocycles. The molecule has 4 nitrogen and oxygen atoms in total. The Hall–Kier alpha value is -1.84. The minimum Gasteiger partial charge on any atom is -0.481 e. The van der Waals surface area contributed by atoms with E-state index in [1.165, 1.54) is 11.1 Å². The summed E-state index contributed by atoms with van der Waals surface area (Å²) in [5.41, 5.74) is 2.00. The van der Waals surface area contributed by atoms with Crippen LogP contribution in [0.25, 0.3) is 0 Å². The van der Waals surface area contributed by atoms with E-state index in [0.717, 1.165) is 25.8 Å². The molecule has 1 spiro atoms. The lowest BCUT2D eigenvalue weighted by Gasteiger charge is -2.40. The number of fused-ring (bicyclic) bond motifs is 2. The van der Waals surface area contributed by atoms with Crippen molar-refractivity contribution in [2.75, 3.05) is 6.54 Å². The predicted octanol–water partition coefficient (Wildman–Crippen LogP) is 2.71. The molecule has 22 heavy (non-hydrogen) atoms. The number of hydrogen-bond donors (Lipinski definition) is 1. The number of aliphatic carboxylic acids is 1. The predicted molar refractivity (Wildman–Crippen MR) is 81.3 cm³/mol. The second kappa shape index (κ2) is 4.58. The van der Waals surface area contributed by atoms with E-state index in [1.807, 2.05) is 11.0 Å². The zero-order valence-electron chi connectivity index (χ0n) is 12.7. The van der Waals surface area contributed by atoms with Crippen LogP contribution in [-0.4, -0.2) is 28.4 Å². The second-order valence-corrected chi connectivity index (χ2v) is 7.30. The van der Waals surface area contributed by atoms with Crippen LogP contribution in [0.5, 0.6) is 0 Å². The van der Waals surface area contributed by atoms with Crippen LogP contribution in [0, 0.1) is 5.41 Å². The number of hydrogen-bond acceptors (Lipinski definition) is 2. The SMILES string of the molecule is O=C(CC1(C(=O)O)CCC1)N1Cc2ccccc2C2(CC2)C1. The molecule has 0 unspecified atom stereocenters. The quantitative estimate of drug-likeness (QED) is 0.933. The Kier molecular flexibility index (Phi) is 2.87. The summed E-state index contributed by atoms with van der Waals surface area (Å²) in [7, 11) is 0. The number of nitrogens with zero attached hydrogens (tertiary/aromatic N) is 1. The lowest BCUT2D eigenvalue weighted by molar-refractivity contribution is -0.159. The average molecular weight is 299 g/mol. The van der Waals surface area contributed by atoms with Gasteiger partial charge in [-0.15, -0.1) is 0 Å². The number of rotatable bonds is 3. The van der Waals surface area contributed by atoms with E-state index in [2.05, 4.69) is 18.2 Å². The van der Waals surface area contributed by atoms with Gasteiger partial charge in [0.1, 0.15) is 0 Å². The molecule has 1 N–H and O–H groups in total. The molecular weight excluding hydrogens is 278 g/mol. The van der Waals surface area contributed by atoms with E-state index >= 15 is 0 Å². The first-order valence-corrected chi connectivity index (χ1v) is 8.14. The molecule has 4 rings (SSSR count). The molecule has 4 heteroatoms. The van der Waals surface area contributed by atoms with Crippen molar-refractivity contribution in [2.24, 2.45) is 5.41 Å². The maximum atomic E-state index is 12.7. The smallest absolute Gasteiger partial charge is 0.310 e. The maximum absolute atomic E-state index is 12.7. The van der Waals surface area contributed by atoms with E-state index in [1.54, 1.807) is 0 Å². The van der Waals surface area contributed by atoms with Crippen molar-refractivity contribution in [3.63, 3.8) is 0 Å². The Morgan fingerprint density at radius 2 is 1.86 bits per heavy atom. The van der Waals surface area contributed by atoms with Crippen LogP contribution < -0.4 is 0 Å².